The van der Waals surface area contributed by atoms with Gasteiger partial charge < -0.3 is 14.7 Å². The maximum absolute atomic E-state index is 13.4. The number of sulfonamides is 1. The van der Waals surface area contributed by atoms with E-state index >= 15 is 0 Å². The predicted octanol–water partition coefficient (Wildman–Crippen LogP) is 2.38. The van der Waals surface area contributed by atoms with Gasteiger partial charge in [0.15, 0.2) is 0 Å². The van der Waals surface area contributed by atoms with Crippen molar-refractivity contribution >= 4 is 26.7 Å². The van der Waals surface area contributed by atoms with Gasteiger partial charge in [-0.1, -0.05) is 0 Å². The number of nitriles is 1. The molecule has 0 bridgehead atoms. The van der Waals surface area contributed by atoms with Gasteiger partial charge in [-0.3, -0.25) is 9.29 Å². The lowest BCUT2D eigenvalue weighted by Gasteiger charge is -2.30. The summed E-state index contributed by atoms with van der Waals surface area (Å²) >= 11 is 0. The number of fused-ring (bicyclic) bond motifs is 2. The summed E-state index contributed by atoms with van der Waals surface area (Å²) < 4.78 is 33.9. The highest BCUT2D eigenvalue weighted by Crippen LogP contribution is 2.38. The molecule has 3 heterocycles. The topological polar surface area (TPSA) is 132 Å². The van der Waals surface area contributed by atoms with Gasteiger partial charge in [-0.25, -0.2) is 13.2 Å². The third-order valence-corrected chi connectivity index (χ3v) is 6.85. The predicted molar refractivity (Wildman–Crippen MR) is 113 cm³/mol. The van der Waals surface area contributed by atoms with Crippen molar-refractivity contribution in [1.82, 2.24) is 15.0 Å². The van der Waals surface area contributed by atoms with Crippen LogP contribution in [0, 0.1) is 11.3 Å². The van der Waals surface area contributed by atoms with E-state index in [2.05, 4.69) is 15.0 Å². The number of H-pyrrole nitrogens is 2. The second-order valence-corrected chi connectivity index (χ2v) is 8.80. The minimum absolute atomic E-state index is 0.0602. The molecule has 9 nitrogen and oxygen atoms in total. The fourth-order valence-corrected chi connectivity index (χ4v) is 5.01. The van der Waals surface area contributed by atoms with Crippen LogP contribution in [0.15, 0.2) is 64.4 Å². The van der Waals surface area contributed by atoms with E-state index < -0.39 is 15.7 Å². The molecule has 0 aliphatic carbocycles. The van der Waals surface area contributed by atoms with Gasteiger partial charge in [-0.2, -0.15) is 5.26 Å². The molecule has 5 rings (SSSR count). The normalized spacial score (nSPS) is 13.5. The summed E-state index contributed by atoms with van der Waals surface area (Å²) in [6.45, 7) is 0.352. The molecule has 2 aromatic heterocycles. The number of pyridine rings is 1. The molecule has 1 aliphatic heterocycles. The Labute approximate surface area is 176 Å². The van der Waals surface area contributed by atoms with E-state index in [9.17, 15) is 13.2 Å². The molecule has 10 heteroatoms. The van der Waals surface area contributed by atoms with E-state index in [1.807, 2.05) is 6.07 Å². The van der Waals surface area contributed by atoms with Crippen molar-refractivity contribution in [3.63, 3.8) is 0 Å². The molecular weight excluding hydrogens is 418 g/mol. The van der Waals surface area contributed by atoms with Gasteiger partial charge in [0.2, 0.25) is 0 Å². The highest BCUT2D eigenvalue weighted by molar-refractivity contribution is 7.92. The molecular formula is C21H15N5O4S. The molecule has 0 spiro atoms. The summed E-state index contributed by atoms with van der Waals surface area (Å²) in [7, 11) is -3.91. The Morgan fingerprint density at radius 2 is 1.90 bits per heavy atom. The van der Waals surface area contributed by atoms with Crippen LogP contribution in [-0.4, -0.2) is 36.5 Å². The molecule has 2 N–H and O–H groups in total. The van der Waals surface area contributed by atoms with E-state index in [1.165, 1.54) is 22.6 Å². The molecule has 0 radical (unpaired) electrons. The molecule has 0 unspecified atom stereocenters. The second kappa shape index (κ2) is 7.00. The van der Waals surface area contributed by atoms with Gasteiger partial charge >= 0.3 is 5.69 Å². The van der Waals surface area contributed by atoms with Crippen molar-refractivity contribution in [1.29, 1.82) is 5.26 Å². The lowest BCUT2D eigenvalue weighted by molar-refractivity contribution is 0.316. The summed E-state index contributed by atoms with van der Waals surface area (Å²) in [5, 5.41) is 8.96. The van der Waals surface area contributed by atoms with Crippen LogP contribution < -0.4 is 14.7 Å². The average Bonchev–Trinajstić information content (AvgIpc) is 3.17. The van der Waals surface area contributed by atoms with Crippen LogP contribution in [0.5, 0.6) is 5.75 Å². The van der Waals surface area contributed by atoms with Gasteiger partial charge in [0.05, 0.1) is 39.4 Å². The smallest absolute Gasteiger partial charge is 0.323 e. The Balaban J connectivity index is 1.59. The standard InChI is InChI=1S/C21H15N5O4S/c22-11-13-1-4-16(23-12-13)14-2-6-20-19(9-14)26(7-8-30-20)31(28,29)15-3-5-17-18(10-15)25-21(27)24-17/h1-6,9-10,12H,7-8H2,(H2,24,25,27). The molecule has 4 aromatic rings. The van der Waals surface area contributed by atoms with E-state index in [-0.39, 0.29) is 18.0 Å². The largest absolute Gasteiger partial charge is 0.489 e. The van der Waals surface area contributed by atoms with Crippen LogP contribution in [0.4, 0.5) is 5.69 Å². The first-order valence-corrected chi connectivity index (χ1v) is 10.8. The van der Waals surface area contributed by atoms with Crippen molar-refractivity contribution in [2.45, 2.75) is 4.90 Å². The van der Waals surface area contributed by atoms with Crippen LogP contribution >= 0.6 is 0 Å². The maximum Gasteiger partial charge on any atom is 0.323 e. The lowest BCUT2D eigenvalue weighted by atomic mass is 10.1. The number of aromatic amines is 2. The molecule has 0 saturated heterocycles. The van der Waals surface area contributed by atoms with Gasteiger partial charge in [-0.05, 0) is 48.5 Å². The Kier molecular flexibility index (Phi) is 4.27. The number of imidazole rings is 1. The number of aromatic nitrogens is 3. The molecule has 0 saturated carbocycles. The molecule has 154 valence electrons. The highest BCUT2D eigenvalue weighted by atomic mass is 32.2. The van der Waals surface area contributed by atoms with Crippen molar-refractivity contribution in [2.24, 2.45) is 0 Å². The number of anilines is 1. The van der Waals surface area contributed by atoms with Crippen molar-refractivity contribution in [3.05, 3.63) is 70.8 Å². The van der Waals surface area contributed by atoms with Gasteiger partial charge in [0.1, 0.15) is 18.4 Å². The number of nitrogens with one attached hydrogen (secondary N) is 2. The molecule has 1 aliphatic rings. The van der Waals surface area contributed by atoms with Crippen LogP contribution in [0.2, 0.25) is 0 Å². The molecule has 0 atom stereocenters. The fourth-order valence-electron chi connectivity index (χ4n) is 3.53. The quantitative estimate of drug-likeness (QED) is 0.510. The fraction of sp³-hybridized carbons (Fsp3) is 0.0952. The third-order valence-electron chi connectivity index (χ3n) is 5.04. The van der Waals surface area contributed by atoms with Crippen molar-refractivity contribution in [3.8, 4) is 23.1 Å². The van der Waals surface area contributed by atoms with Crippen molar-refractivity contribution < 1.29 is 13.2 Å². The summed E-state index contributed by atoms with van der Waals surface area (Å²) in [4.78, 5) is 21.0. The van der Waals surface area contributed by atoms with Crippen LogP contribution in [-0.2, 0) is 10.0 Å². The maximum atomic E-state index is 13.4. The number of hydrogen-bond donors (Lipinski definition) is 2. The average molecular weight is 433 g/mol. The zero-order chi connectivity index (χ0) is 21.6. The minimum atomic E-state index is -3.91. The third kappa shape index (κ3) is 3.21. The van der Waals surface area contributed by atoms with E-state index in [1.54, 1.807) is 36.4 Å². The number of benzene rings is 2. The van der Waals surface area contributed by atoms with Gasteiger partial charge in [-0.15, -0.1) is 0 Å². The summed E-state index contributed by atoms with van der Waals surface area (Å²) in [6, 6.07) is 15.0. The molecule has 2 aromatic carbocycles. The monoisotopic (exact) mass is 433 g/mol. The number of hydrogen-bond acceptors (Lipinski definition) is 6. The minimum Gasteiger partial charge on any atom is -0.489 e. The highest BCUT2D eigenvalue weighted by Gasteiger charge is 2.31. The lowest BCUT2D eigenvalue weighted by Crippen LogP contribution is -2.37. The SMILES string of the molecule is N#Cc1ccc(-c2ccc3c(c2)N(S(=O)(=O)c2ccc4[nH]c(=O)[nH]c4c2)CCO3)nc1. The Morgan fingerprint density at radius 1 is 1.06 bits per heavy atom. The second-order valence-electron chi connectivity index (χ2n) is 6.94. The van der Waals surface area contributed by atoms with Crippen LogP contribution in [0.1, 0.15) is 5.56 Å². The first-order valence-electron chi connectivity index (χ1n) is 9.34. The molecule has 31 heavy (non-hydrogen) atoms. The van der Waals surface area contributed by atoms with Gasteiger partial charge in [0, 0.05) is 11.8 Å². The summed E-state index contributed by atoms with van der Waals surface area (Å²) in [5.74, 6) is 0.448. The molecule has 0 fully saturated rings. The number of nitrogens with zero attached hydrogens (tertiary/aromatic N) is 3. The first-order chi connectivity index (χ1) is 15.0. The van der Waals surface area contributed by atoms with Gasteiger partial charge in [0.25, 0.3) is 10.0 Å². The Morgan fingerprint density at radius 3 is 2.68 bits per heavy atom. The van der Waals surface area contributed by atoms with Crippen LogP contribution in [0.25, 0.3) is 22.3 Å². The van der Waals surface area contributed by atoms with Crippen molar-refractivity contribution in [2.75, 3.05) is 17.5 Å². The number of ether oxygens (including phenoxy) is 1. The number of rotatable bonds is 3. The zero-order valence-electron chi connectivity index (χ0n) is 16.0. The van der Waals surface area contributed by atoms with Crippen LogP contribution in [0.3, 0.4) is 0 Å². The Bertz CT molecular complexity index is 1510. The van der Waals surface area contributed by atoms with E-state index in [0.29, 0.717) is 39.3 Å². The van der Waals surface area contributed by atoms with E-state index in [0.717, 1.165) is 0 Å². The molecule has 0 amide bonds. The first kappa shape index (κ1) is 18.9. The zero-order valence-corrected chi connectivity index (χ0v) is 16.8. The summed E-state index contributed by atoms with van der Waals surface area (Å²) in [5.41, 5.74) is 2.68. The van der Waals surface area contributed by atoms with E-state index in [4.69, 9.17) is 10.00 Å². The summed E-state index contributed by atoms with van der Waals surface area (Å²) in [6.07, 6.45) is 1.46. The Hall–Kier alpha value is -4.10.